The van der Waals surface area contributed by atoms with Gasteiger partial charge in [0.2, 0.25) is 5.78 Å². The number of allylic oxidation sites excluding steroid dienone is 1. The van der Waals surface area contributed by atoms with Gasteiger partial charge in [0.1, 0.15) is 0 Å². The van der Waals surface area contributed by atoms with Crippen molar-refractivity contribution in [3.05, 3.63) is 33.2 Å². The van der Waals surface area contributed by atoms with E-state index in [-0.39, 0.29) is 12.6 Å². The first-order valence-electron chi connectivity index (χ1n) is 8.32. The highest BCUT2D eigenvalue weighted by atomic mass is 32.2. The zero-order valence-corrected chi connectivity index (χ0v) is 14.5. The van der Waals surface area contributed by atoms with Crippen LogP contribution in [0.3, 0.4) is 0 Å². The first-order chi connectivity index (χ1) is 11.9. The van der Waals surface area contributed by atoms with Crippen LogP contribution in [0.2, 0.25) is 0 Å². The summed E-state index contributed by atoms with van der Waals surface area (Å²) in [6.45, 7) is 1.12. The SMILES string of the molecule is COC1CCC2=C3CNCC(C(=O)C(F)(F)F)C3N3CC=CSC1=C23. The van der Waals surface area contributed by atoms with E-state index in [9.17, 15) is 18.0 Å². The van der Waals surface area contributed by atoms with Gasteiger partial charge in [0.05, 0.1) is 23.8 Å². The van der Waals surface area contributed by atoms with Crippen molar-refractivity contribution in [2.24, 2.45) is 5.92 Å². The molecule has 0 amide bonds. The maximum absolute atomic E-state index is 13.1. The van der Waals surface area contributed by atoms with Crippen molar-refractivity contribution in [1.29, 1.82) is 0 Å². The number of ether oxygens (including phenoxy) is 1. The lowest BCUT2D eigenvalue weighted by Crippen LogP contribution is -2.53. The highest BCUT2D eigenvalue weighted by Gasteiger charge is 2.53. The molecule has 1 aliphatic carbocycles. The maximum atomic E-state index is 13.1. The monoisotopic (exact) mass is 372 g/mol. The fourth-order valence-electron chi connectivity index (χ4n) is 4.39. The Balaban J connectivity index is 1.81. The molecule has 0 radical (unpaired) electrons. The summed E-state index contributed by atoms with van der Waals surface area (Å²) in [6, 6.07) is -0.505. The van der Waals surface area contributed by atoms with Gasteiger partial charge in [-0.1, -0.05) is 17.8 Å². The number of thioether (sulfide) groups is 1. The zero-order valence-electron chi connectivity index (χ0n) is 13.7. The van der Waals surface area contributed by atoms with E-state index in [0.717, 1.165) is 34.6 Å². The number of carbonyl (C=O) groups is 1. The molecule has 1 saturated heterocycles. The second kappa shape index (κ2) is 6.17. The molecule has 1 fully saturated rings. The van der Waals surface area contributed by atoms with Crippen molar-refractivity contribution in [3.63, 3.8) is 0 Å². The van der Waals surface area contributed by atoms with Crippen LogP contribution in [-0.4, -0.2) is 55.7 Å². The second-order valence-corrected chi connectivity index (χ2v) is 7.61. The van der Waals surface area contributed by atoms with Gasteiger partial charge in [-0.25, -0.2) is 0 Å². The largest absolute Gasteiger partial charge is 0.450 e. The molecule has 0 saturated carbocycles. The van der Waals surface area contributed by atoms with E-state index in [4.69, 9.17) is 4.74 Å². The summed E-state index contributed by atoms with van der Waals surface area (Å²) in [7, 11) is 1.66. The Hall–Kier alpha value is -1.25. The molecule has 136 valence electrons. The minimum Gasteiger partial charge on any atom is -0.376 e. The highest BCUT2D eigenvalue weighted by Crippen LogP contribution is 2.50. The molecule has 4 aliphatic rings. The van der Waals surface area contributed by atoms with Gasteiger partial charge in [0, 0.05) is 31.6 Å². The molecule has 3 unspecified atom stereocenters. The average molecular weight is 372 g/mol. The summed E-state index contributed by atoms with van der Waals surface area (Å²) in [6.07, 6.45) is -1.31. The van der Waals surface area contributed by atoms with Gasteiger partial charge in [-0.05, 0) is 29.4 Å². The maximum Gasteiger partial charge on any atom is 0.450 e. The standard InChI is InChI=1S/C17H19F3N2O2S/c1-24-12-4-3-9-10-7-21-8-11(16(23)17(18,19)20)13(10)22-5-2-6-25-15(12)14(9)22/h2,6,11-13,21H,3-5,7-8H2,1H3. The smallest absolute Gasteiger partial charge is 0.376 e. The number of ketones is 1. The molecule has 3 atom stereocenters. The zero-order chi connectivity index (χ0) is 17.8. The second-order valence-electron chi connectivity index (χ2n) is 6.67. The third kappa shape index (κ3) is 2.65. The quantitative estimate of drug-likeness (QED) is 0.807. The first-order valence-corrected chi connectivity index (χ1v) is 9.20. The Kier molecular flexibility index (Phi) is 4.24. The molecule has 3 aliphatic heterocycles. The fourth-order valence-corrected chi connectivity index (χ4v) is 5.44. The Bertz CT molecular complexity index is 698. The van der Waals surface area contributed by atoms with Crippen molar-refractivity contribution in [1.82, 2.24) is 10.2 Å². The lowest BCUT2D eigenvalue weighted by molar-refractivity contribution is -0.177. The number of halogens is 3. The summed E-state index contributed by atoms with van der Waals surface area (Å²) >= 11 is 1.58. The molecule has 3 heterocycles. The van der Waals surface area contributed by atoms with Gasteiger partial charge in [0.15, 0.2) is 0 Å². The number of nitrogens with zero attached hydrogens (tertiary/aromatic N) is 1. The lowest BCUT2D eigenvalue weighted by Gasteiger charge is -2.38. The Labute approximate surface area is 148 Å². The van der Waals surface area contributed by atoms with Crippen LogP contribution >= 0.6 is 11.8 Å². The topological polar surface area (TPSA) is 41.6 Å². The van der Waals surface area contributed by atoms with Gasteiger partial charge < -0.3 is 15.0 Å². The van der Waals surface area contributed by atoms with Crippen LogP contribution < -0.4 is 5.32 Å². The van der Waals surface area contributed by atoms with Crippen molar-refractivity contribution in [2.45, 2.75) is 31.2 Å². The van der Waals surface area contributed by atoms with Gasteiger partial charge in [-0.15, -0.1) is 0 Å². The number of nitrogens with one attached hydrogen (secondary N) is 1. The van der Waals surface area contributed by atoms with Crippen molar-refractivity contribution in [2.75, 3.05) is 26.7 Å². The van der Waals surface area contributed by atoms with Gasteiger partial charge in [-0.2, -0.15) is 13.2 Å². The van der Waals surface area contributed by atoms with Crippen LogP contribution in [0.5, 0.6) is 0 Å². The van der Waals surface area contributed by atoms with Crippen LogP contribution in [0.4, 0.5) is 13.2 Å². The molecule has 0 aromatic heterocycles. The number of piperidine rings is 1. The molecule has 8 heteroatoms. The first kappa shape index (κ1) is 17.2. The van der Waals surface area contributed by atoms with E-state index in [1.165, 1.54) is 0 Å². The number of methoxy groups -OCH3 is 1. The third-order valence-electron chi connectivity index (χ3n) is 5.39. The summed E-state index contributed by atoms with van der Waals surface area (Å²) in [4.78, 5) is 15.1. The molecule has 0 bridgehead atoms. The molecule has 4 rings (SSSR count). The summed E-state index contributed by atoms with van der Waals surface area (Å²) in [5.74, 6) is -2.74. The van der Waals surface area contributed by atoms with E-state index < -0.39 is 23.9 Å². The number of rotatable bonds is 2. The minimum atomic E-state index is -4.81. The van der Waals surface area contributed by atoms with E-state index in [2.05, 4.69) is 5.32 Å². The minimum absolute atomic E-state index is 0.0421. The Morgan fingerprint density at radius 3 is 2.96 bits per heavy atom. The number of carbonyl (C=O) groups excluding carboxylic acids is 1. The molecule has 25 heavy (non-hydrogen) atoms. The van der Waals surface area contributed by atoms with Crippen LogP contribution in [0.1, 0.15) is 12.8 Å². The number of Topliss-reactive ketones (excluding diaryl/α,β-unsaturated/α-hetero) is 1. The van der Waals surface area contributed by atoms with Crippen LogP contribution in [-0.2, 0) is 9.53 Å². The Morgan fingerprint density at radius 2 is 2.24 bits per heavy atom. The number of fused-ring (bicyclic) bond motifs is 2. The molecular formula is C17H19F3N2O2S. The molecule has 4 nitrogen and oxygen atoms in total. The van der Waals surface area contributed by atoms with Gasteiger partial charge in [0.25, 0.3) is 0 Å². The average Bonchev–Trinajstić information content (AvgIpc) is 2.75. The van der Waals surface area contributed by atoms with Crippen LogP contribution in [0.25, 0.3) is 0 Å². The van der Waals surface area contributed by atoms with E-state index in [0.29, 0.717) is 13.1 Å². The van der Waals surface area contributed by atoms with Crippen molar-refractivity contribution in [3.8, 4) is 0 Å². The van der Waals surface area contributed by atoms with E-state index in [1.807, 2.05) is 16.4 Å². The highest BCUT2D eigenvalue weighted by molar-refractivity contribution is 8.05. The van der Waals surface area contributed by atoms with Crippen molar-refractivity contribution >= 4 is 17.5 Å². The molecule has 0 aromatic carbocycles. The summed E-state index contributed by atoms with van der Waals surface area (Å²) < 4.78 is 45.0. The van der Waals surface area contributed by atoms with E-state index in [1.54, 1.807) is 18.9 Å². The normalized spacial score (nSPS) is 31.8. The lowest BCUT2D eigenvalue weighted by atomic mass is 9.84. The fraction of sp³-hybridized carbons (Fsp3) is 0.588. The van der Waals surface area contributed by atoms with Crippen LogP contribution in [0.15, 0.2) is 33.2 Å². The molecule has 0 spiro atoms. The molecular weight excluding hydrogens is 353 g/mol. The van der Waals surface area contributed by atoms with Crippen molar-refractivity contribution < 1.29 is 22.7 Å². The number of alkyl halides is 3. The Morgan fingerprint density at radius 1 is 1.44 bits per heavy atom. The van der Waals surface area contributed by atoms with Gasteiger partial charge in [-0.3, -0.25) is 4.79 Å². The summed E-state index contributed by atoms with van der Waals surface area (Å²) in [5, 5.41) is 5.00. The predicted octanol–water partition coefficient (Wildman–Crippen LogP) is 2.60. The summed E-state index contributed by atoms with van der Waals surface area (Å²) in [5.41, 5.74) is 3.06. The van der Waals surface area contributed by atoms with Crippen LogP contribution in [0, 0.1) is 5.92 Å². The number of hydrogen-bond donors (Lipinski definition) is 1. The van der Waals surface area contributed by atoms with E-state index >= 15 is 0 Å². The van der Waals surface area contributed by atoms with Gasteiger partial charge >= 0.3 is 6.18 Å². The predicted molar refractivity (Wildman–Crippen MR) is 88.7 cm³/mol. The molecule has 1 N–H and O–H groups in total. The number of hydrogen-bond acceptors (Lipinski definition) is 5. The molecule has 0 aromatic rings. The third-order valence-corrected chi connectivity index (χ3v) is 6.43.